The fraction of sp³-hybridized carbons (Fsp3) is 0.217. The molecule has 5 rings (SSSR count). The smallest absolute Gasteiger partial charge is 0.153 e. The van der Waals surface area contributed by atoms with Gasteiger partial charge >= 0.3 is 0 Å². The summed E-state index contributed by atoms with van der Waals surface area (Å²) in [5, 5.41) is 0. The molecular formula is C23H21F2N5. The highest BCUT2D eigenvalue weighted by Crippen LogP contribution is 2.42. The van der Waals surface area contributed by atoms with Crippen LogP contribution in [0.4, 0.5) is 14.5 Å². The molecule has 0 radical (unpaired) electrons. The van der Waals surface area contributed by atoms with Crippen LogP contribution in [0.3, 0.4) is 0 Å². The van der Waals surface area contributed by atoms with Crippen LogP contribution in [0.25, 0.3) is 33.5 Å². The van der Waals surface area contributed by atoms with Gasteiger partial charge in [-0.05, 0) is 30.7 Å². The van der Waals surface area contributed by atoms with Crippen molar-refractivity contribution in [3.05, 3.63) is 66.0 Å². The van der Waals surface area contributed by atoms with Crippen LogP contribution >= 0.6 is 0 Å². The number of halogens is 2. The third-order valence-corrected chi connectivity index (χ3v) is 5.72. The molecule has 0 saturated carbocycles. The Morgan fingerprint density at radius 1 is 1.10 bits per heavy atom. The van der Waals surface area contributed by atoms with E-state index >= 15 is 0 Å². The Bertz CT molecular complexity index is 1240. The first-order valence-corrected chi connectivity index (χ1v) is 9.89. The lowest BCUT2D eigenvalue weighted by molar-refractivity contribution is 0.421. The van der Waals surface area contributed by atoms with Gasteiger partial charge in [0.1, 0.15) is 17.2 Å². The van der Waals surface area contributed by atoms with Crippen LogP contribution in [0.15, 0.2) is 48.8 Å². The second-order valence-electron chi connectivity index (χ2n) is 7.77. The zero-order valence-corrected chi connectivity index (χ0v) is 16.5. The zero-order valence-electron chi connectivity index (χ0n) is 16.5. The summed E-state index contributed by atoms with van der Waals surface area (Å²) in [6.45, 7) is 4.35. The first-order chi connectivity index (χ1) is 14.5. The van der Waals surface area contributed by atoms with Gasteiger partial charge < -0.3 is 15.6 Å². The number of fused-ring (bicyclic) bond motifs is 1. The van der Waals surface area contributed by atoms with Crippen molar-refractivity contribution in [3.63, 3.8) is 0 Å². The van der Waals surface area contributed by atoms with Crippen molar-refractivity contribution in [2.45, 2.75) is 6.92 Å². The molecule has 2 aromatic heterocycles. The highest BCUT2D eigenvalue weighted by Gasteiger charge is 2.31. The number of hydrogen-bond donors (Lipinski definition) is 2. The number of aryl methyl sites for hydroxylation is 1. The quantitative estimate of drug-likeness (QED) is 0.532. The molecule has 0 aliphatic carbocycles. The Morgan fingerprint density at radius 3 is 2.63 bits per heavy atom. The lowest BCUT2D eigenvalue weighted by Gasteiger charge is -2.42. The second kappa shape index (κ2) is 7.18. The molecule has 1 aliphatic rings. The van der Waals surface area contributed by atoms with E-state index in [2.05, 4.69) is 38.9 Å². The molecule has 4 aromatic rings. The Hall–Kier alpha value is -3.32. The van der Waals surface area contributed by atoms with Gasteiger partial charge in [-0.3, -0.25) is 4.98 Å². The maximum absolute atomic E-state index is 14.2. The number of hydrogen-bond acceptors (Lipinski definition) is 4. The number of H-pyrrole nitrogens is 1. The number of aromatic nitrogens is 3. The summed E-state index contributed by atoms with van der Waals surface area (Å²) >= 11 is 0. The lowest BCUT2D eigenvalue weighted by Crippen LogP contribution is -2.50. The number of nitrogens with one attached hydrogen (secondary N) is 1. The molecule has 2 aromatic carbocycles. The molecule has 0 amide bonds. The van der Waals surface area contributed by atoms with Crippen molar-refractivity contribution in [2.24, 2.45) is 11.7 Å². The number of nitrogens with two attached hydrogens (primary N) is 1. The molecule has 3 heterocycles. The van der Waals surface area contributed by atoms with Gasteiger partial charge in [-0.1, -0.05) is 24.3 Å². The molecular weight excluding hydrogens is 384 g/mol. The number of anilines is 1. The molecule has 1 aliphatic heterocycles. The van der Waals surface area contributed by atoms with E-state index in [1.807, 2.05) is 18.3 Å². The Kier molecular flexibility index (Phi) is 4.47. The van der Waals surface area contributed by atoms with Crippen molar-refractivity contribution >= 4 is 16.7 Å². The van der Waals surface area contributed by atoms with E-state index in [9.17, 15) is 8.78 Å². The minimum atomic E-state index is -0.691. The largest absolute Gasteiger partial charge is 0.370 e. The Morgan fingerprint density at radius 2 is 1.87 bits per heavy atom. The minimum Gasteiger partial charge on any atom is -0.370 e. The van der Waals surface area contributed by atoms with Crippen LogP contribution in [-0.4, -0.2) is 34.6 Å². The second-order valence-corrected chi connectivity index (χ2v) is 7.77. The molecule has 3 N–H and O–H groups in total. The third-order valence-electron chi connectivity index (χ3n) is 5.72. The number of pyridine rings is 1. The molecule has 1 fully saturated rings. The van der Waals surface area contributed by atoms with E-state index in [1.54, 1.807) is 6.20 Å². The van der Waals surface area contributed by atoms with Crippen molar-refractivity contribution in [1.82, 2.24) is 15.0 Å². The maximum Gasteiger partial charge on any atom is 0.153 e. The normalized spacial score (nSPS) is 14.3. The van der Waals surface area contributed by atoms with Crippen LogP contribution in [-0.2, 0) is 0 Å². The van der Waals surface area contributed by atoms with Gasteiger partial charge in [0, 0.05) is 43.0 Å². The van der Waals surface area contributed by atoms with Crippen molar-refractivity contribution in [3.8, 4) is 22.5 Å². The van der Waals surface area contributed by atoms with Crippen LogP contribution in [0.5, 0.6) is 0 Å². The molecule has 1 saturated heterocycles. The van der Waals surface area contributed by atoms with Gasteiger partial charge in [0.2, 0.25) is 0 Å². The summed E-state index contributed by atoms with van der Waals surface area (Å²) < 4.78 is 27.9. The van der Waals surface area contributed by atoms with E-state index in [0.29, 0.717) is 23.8 Å². The first kappa shape index (κ1) is 18.7. The molecule has 0 spiro atoms. The first-order valence-electron chi connectivity index (χ1n) is 9.89. The molecule has 0 atom stereocenters. The lowest BCUT2D eigenvalue weighted by atomic mass is 9.93. The van der Waals surface area contributed by atoms with E-state index in [-0.39, 0.29) is 5.52 Å². The summed E-state index contributed by atoms with van der Waals surface area (Å²) in [6, 6.07) is 10.2. The zero-order chi connectivity index (χ0) is 20.8. The summed E-state index contributed by atoms with van der Waals surface area (Å²) in [7, 11) is 0. The maximum atomic E-state index is 14.2. The summed E-state index contributed by atoms with van der Waals surface area (Å²) in [4.78, 5) is 14.2. The SMILES string of the molecule is Cc1ccccc1-c1cncc(-c2nc3c(F)cc(F)cc3[nH]2)c1N1CC(CN)C1. The van der Waals surface area contributed by atoms with Crippen LogP contribution < -0.4 is 10.6 Å². The average molecular weight is 405 g/mol. The number of imidazole rings is 1. The van der Waals surface area contributed by atoms with E-state index in [4.69, 9.17) is 5.73 Å². The van der Waals surface area contributed by atoms with Gasteiger partial charge in [0.05, 0.1) is 16.8 Å². The van der Waals surface area contributed by atoms with E-state index in [0.717, 1.165) is 47.1 Å². The fourth-order valence-corrected chi connectivity index (χ4v) is 4.11. The summed E-state index contributed by atoms with van der Waals surface area (Å²) in [5.41, 5.74) is 11.2. The molecule has 0 unspecified atom stereocenters. The van der Waals surface area contributed by atoms with Crippen LogP contribution in [0, 0.1) is 24.5 Å². The fourth-order valence-electron chi connectivity index (χ4n) is 4.11. The van der Waals surface area contributed by atoms with Gasteiger partial charge in [-0.2, -0.15) is 0 Å². The highest BCUT2D eigenvalue weighted by atomic mass is 19.1. The van der Waals surface area contributed by atoms with E-state index in [1.165, 1.54) is 6.07 Å². The van der Waals surface area contributed by atoms with Gasteiger partial charge in [-0.25, -0.2) is 13.8 Å². The number of aromatic amines is 1. The van der Waals surface area contributed by atoms with Gasteiger partial charge in [0.25, 0.3) is 0 Å². The van der Waals surface area contributed by atoms with Crippen molar-refractivity contribution < 1.29 is 8.78 Å². The van der Waals surface area contributed by atoms with Gasteiger partial charge in [-0.15, -0.1) is 0 Å². The van der Waals surface area contributed by atoms with Crippen LogP contribution in [0.1, 0.15) is 5.56 Å². The predicted octanol–water partition coefficient (Wildman–Crippen LogP) is 4.27. The van der Waals surface area contributed by atoms with Crippen LogP contribution in [0.2, 0.25) is 0 Å². The predicted molar refractivity (Wildman–Crippen MR) is 114 cm³/mol. The summed E-state index contributed by atoms with van der Waals surface area (Å²) in [5.74, 6) is -0.443. The minimum absolute atomic E-state index is 0.113. The Labute approximate surface area is 172 Å². The Balaban J connectivity index is 1.72. The highest BCUT2D eigenvalue weighted by molar-refractivity contribution is 5.92. The van der Waals surface area contributed by atoms with E-state index < -0.39 is 11.6 Å². The molecule has 0 bridgehead atoms. The summed E-state index contributed by atoms with van der Waals surface area (Å²) in [6.07, 6.45) is 3.57. The molecule has 152 valence electrons. The number of nitrogens with zero attached hydrogens (tertiary/aromatic N) is 3. The number of rotatable bonds is 4. The van der Waals surface area contributed by atoms with Gasteiger partial charge in [0.15, 0.2) is 5.82 Å². The average Bonchev–Trinajstić information content (AvgIpc) is 3.12. The standard InChI is InChI=1S/C23H21F2N5/c1-13-4-2-3-5-16(13)17-9-27-10-18(22(17)30-11-14(8-26)12-30)23-28-20-7-15(24)6-19(25)21(20)29-23/h2-7,9-10,14H,8,11-12,26H2,1H3,(H,28,29). The third kappa shape index (κ3) is 3.02. The monoisotopic (exact) mass is 405 g/mol. The molecule has 7 heteroatoms. The molecule has 30 heavy (non-hydrogen) atoms. The topological polar surface area (TPSA) is 70.8 Å². The molecule has 5 nitrogen and oxygen atoms in total. The van der Waals surface area contributed by atoms with Crippen molar-refractivity contribution in [1.29, 1.82) is 0 Å². The van der Waals surface area contributed by atoms with Crippen molar-refractivity contribution in [2.75, 3.05) is 24.5 Å². The number of benzene rings is 2.